The van der Waals surface area contributed by atoms with Gasteiger partial charge in [-0.05, 0) is 52.2 Å². The molecule has 0 bridgehead atoms. The molecule has 0 aliphatic rings. The molecule has 0 saturated heterocycles. The molecule has 22 heavy (non-hydrogen) atoms. The minimum atomic E-state index is -0.282. The van der Waals surface area contributed by atoms with E-state index in [0.29, 0.717) is 17.8 Å². The molecular weight excluding hydrogens is 371 g/mol. The highest BCUT2D eigenvalue weighted by Gasteiger charge is 2.09. The summed E-state index contributed by atoms with van der Waals surface area (Å²) in [5.41, 5.74) is 0.939. The first-order valence-corrected chi connectivity index (χ1v) is 8.20. The maximum atomic E-state index is 12.7. The molecule has 116 valence electrons. The van der Waals surface area contributed by atoms with Crippen molar-refractivity contribution in [3.8, 4) is 0 Å². The third kappa shape index (κ3) is 5.23. The number of benzene rings is 1. The minimum Gasteiger partial charge on any atom is -0.354 e. The van der Waals surface area contributed by atoms with Crippen molar-refractivity contribution in [2.45, 2.75) is 6.42 Å². The molecule has 2 rings (SSSR count). The molecule has 0 radical (unpaired) electrons. The number of hydrogen-bond donors (Lipinski definition) is 2. The van der Waals surface area contributed by atoms with Crippen molar-refractivity contribution in [2.75, 3.05) is 13.1 Å². The van der Waals surface area contributed by atoms with Gasteiger partial charge < -0.3 is 10.6 Å². The van der Waals surface area contributed by atoms with Crippen LogP contribution in [-0.2, 0) is 11.2 Å². The van der Waals surface area contributed by atoms with Crippen LogP contribution >= 0.6 is 27.3 Å². The molecule has 1 aromatic carbocycles. The van der Waals surface area contributed by atoms with E-state index in [-0.39, 0.29) is 24.2 Å². The van der Waals surface area contributed by atoms with Gasteiger partial charge in [0, 0.05) is 6.54 Å². The fourth-order valence-electron chi connectivity index (χ4n) is 1.74. The summed E-state index contributed by atoms with van der Waals surface area (Å²) in [6, 6.07) is 9.60. The third-order valence-electron chi connectivity index (χ3n) is 2.86. The molecule has 0 fully saturated rings. The summed E-state index contributed by atoms with van der Waals surface area (Å²) in [5, 5.41) is 5.26. The summed E-state index contributed by atoms with van der Waals surface area (Å²) < 4.78 is 13.6. The monoisotopic (exact) mass is 384 g/mol. The van der Waals surface area contributed by atoms with Crippen molar-refractivity contribution in [1.82, 2.24) is 10.6 Å². The van der Waals surface area contributed by atoms with E-state index >= 15 is 0 Å². The Hall–Kier alpha value is -1.73. The highest BCUT2D eigenvalue weighted by Crippen LogP contribution is 2.21. The lowest BCUT2D eigenvalue weighted by atomic mass is 10.1. The topological polar surface area (TPSA) is 58.2 Å². The highest BCUT2D eigenvalue weighted by molar-refractivity contribution is 9.11. The lowest BCUT2D eigenvalue weighted by Crippen LogP contribution is -2.37. The molecular formula is C15H14BrFN2O2S. The highest BCUT2D eigenvalue weighted by atomic mass is 79.9. The van der Waals surface area contributed by atoms with E-state index in [9.17, 15) is 14.0 Å². The van der Waals surface area contributed by atoms with Gasteiger partial charge in [-0.25, -0.2) is 4.39 Å². The number of thiophene rings is 1. The van der Waals surface area contributed by atoms with Gasteiger partial charge in [0.1, 0.15) is 5.82 Å². The van der Waals surface area contributed by atoms with E-state index in [2.05, 4.69) is 26.6 Å². The van der Waals surface area contributed by atoms with Crippen LogP contribution in [0.5, 0.6) is 0 Å². The second-order valence-corrected chi connectivity index (χ2v) is 6.98. The molecule has 1 aromatic heterocycles. The number of carbonyl (C=O) groups is 2. The standard InChI is InChI=1S/C15H14BrFN2O2S/c16-13-6-5-12(22-13)15(21)19-9-14(20)18-8-7-10-1-3-11(17)4-2-10/h1-6H,7-9H2,(H,18,20)(H,19,21). The molecule has 0 saturated carbocycles. The van der Waals surface area contributed by atoms with E-state index in [1.807, 2.05) is 0 Å². The molecule has 7 heteroatoms. The Bertz CT molecular complexity index is 658. The SMILES string of the molecule is O=C(CNC(=O)c1ccc(Br)s1)NCCc1ccc(F)cc1. The smallest absolute Gasteiger partial charge is 0.261 e. The lowest BCUT2D eigenvalue weighted by Gasteiger charge is -2.06. The van der Waals surface area contributed by atoms with Gasteiger partial charge in [-0.2, -0.15) is 0 Å². The number of halogens is 2. The second kappa shape index (κ2) is 8.05. The van der Waals surface area contributed by atoms with E-state index in [0.717, 1.165) is 9.35 Å². The van der Waals surface area contributed by atoms with Gasteiger partial charge in [-0.15, -0.1) is 11.3 Å². The second-order valence-electron chi connectivity index (χ2n) is 4.51. The maximum Gasteiger partial charge on any atom is 0.261 e. The van der Waals surface area contributed by atoms with Crippen LogP contribution in [0.15, 0.2) is 40.2 Å². The number of hydrogen-bond acceptors (Lipinski definition) is 3. The van der Waals surface area contributed by atoms with Gasteiger partial charge in [0.25, 0.3) is 5.91 Å². The number of rotatable bonds is 6. The van der Waals surface area contributed by atoms with Crippen LogP contribution in [0.2, 0.25) is 0 Å². The first-order valence-electron chi connectivity index (χ1n) is 6.59. The maximum absolute atomic E-state index is 12.7. The Morgan fingerprint density at radius 3 is 2.45 bits per heavy atom. The predicted molar refractivity (Wildman–Crippen MR) is 87.5 cm³/mol. The van der Waals surface area contributed by atoms with Crippen molar-refractivity contribution in [2.24, 2.45) is 0 Å². The van der Waals surface area contributed by atoms with Crippen LogP contribution in [-0.4, -0.2) is 24.9 Å². The van der Waals surface area contributed by atoms with Crippen molar-refractivity contribution < 1.29 is 14.0 Å². The number of nitrogens with one attached hydrogen (secondary N) is 2. The average Bonchev–Trinajstić information content (AvgIpc) is 2.93. The van der Waals surface area contributed by atoms with E-state index in [4.69, 9.17) is 0 Å². The van der Waals surface area contributed by atoms with Gasteiger partial charge in [0.2, 0.25) is 5.91 Å². The van der Waals surface area contributed by atoms with Crippen LogP contribution in [0, 0.1) is 5.82 Å². The summed E-state index contributed by atoms with van der Waals surface area (Å²) in [7, 11) is 0. The van der Waals surface area contributed by atoms with E-state index < -0.39 is 0 Å². The van der Waals surface area contributed by atoms with E-state index in [1.165, 1.54) is 23.5 Å². The number of amides is 2. The van der Waals surface area contributed by atoms with Crippen molar-refractivity contribution in [1.29, 1.82) is 0 Å². The Morgan fingerprint density at radius 2 is 1.82 bits per heavy atom. The van der Waals surface area contributed by atoms with Crippen LogP contribution in [0.25, 0.3) is 0 Å². The fourth-order valence-corrected chi connectivity index (χ4v) is 3.05. The van der Waals surface area contributed by atoms with Crippen LogP contribution in [0.4, 0.5) is 4.39 Å². The van der Waals surface area contributed by atoms with Crippen LogP contribution in [0.1, 0.15) is 15.2 Å². The van der Waals surface area contributed by atoms with Gasteiger partial charge in [0.15, 0.2) is 0 Å². The van der Waals surface area contributed by atoms with Gasteiger partial charge in [0.05, 0.1) is 15.2 Å². The molecule has 1 heterocycles. The molecule has 4 nitrogen and oxygen atoms in total. The minimum absolute atomic E-state index is 0.0717. The molecule has 0 unspecified atom stereocenters. The molecule has 0 aliphatic heterocycles. The van der Waals surface area contributed by atoms with Crippen molar-refractivity contribution in [3.63, 3.8) is 0 Å². The zero-order valence-electron chi connectivity index (χ0n) is 11.6. The Morgan fingerprint density at radius 1 is 1.09 bits per heavy atom. The molecule has 2 N–H and O–H groups in total. The van der Waals surface area contributed by atoms with Crippen LogP contribution < -0.4 is 10.6 Å². The number of carbonyl (C=O) groups excluding carboxylic acids is 2. The van der Waals surface area contributed by atoms with Crippen LogP contribution in [0.3, 0.4) is 0 Å². The normalized spacial score (nSPS) is 10.3. The molecule has 0 atom stereocenters. The van der Waals surface area contributed by atoms with Gasteiger partial charge in [-0.3, -0.25) is 9.59 Å². The Balaban J connectivity index is 1.67. The van der Waals surface area contributed by atoms with Crippen molar-refractivity contribution in [3.05, 3.63) is 56.4 Å². The summed E-state index contributed by atoms with van der Waals surface area (Å²) in [4.78, 5) is 23.9. The molecule has 0 spiro atoms. The zero-order valence-corrected chi connectivity index (χ0v) is 14.0. The largest absolute Gasteiger partial charge is 0.354 e. The van der Waals surface area contributed by atoms with E-state index in [1.54, 1.807) is 24.3 Å². The zero-order chi connectivity index (χ0) is 15.9. The summed E-state index contributed by atoms with van der Waals surface area (Å²) in [6.45, 7) is 0.364. The first-order chi connectivity index (χ1) is 10.5. The summed E-state index contributed by atoms with van der Waals surface area (Å²) in [6.07, 6.45) is 0.609. The molecule has 2 aromatic rings. The third-order valence-corrected chi connectivity index (χ3v) is 4.48. The van der Waals surface area contributed by atoms with Gasteiger partial charge >= 0.3 is 0 Å². The summed E-state index contributed by atoms with van der Waals surface area (Å²) in [5.74, 6) is -0.814. The Labute approximate surface area is 139 Å². The summed E-state index contributed by atoms with van der Waals surface area (Å²) >= 11 is 4.58. The molecule has 0 aliphatic carbocycles. The van der Waals surface area contributed by atoms with Gasteiger partial charge in [-0.1, -0.05) is 12.1 Å². The predicted octanol–water partition coefficient (Wildman–Crippen LogP) is 2.74. The quantitative estimate of drug-likeness (QED) is 0.804. The lowest BCUT2D eigenvalue weighted by molar-refractivity contribution is -0.120. The molecule has 2 amide bonds. The average molecular weight is 385 g/mol. The fraction of sp³-hybridized carbons (Fsp3) is 0.200. The first kappa shape index (κ1) is 16.6. The Kier molecular flexibility index (Phi) is 6.09. The van der Waals surface area contributed by atoms with Crippen molar-refractivity contribution >= 4 is 39.1 Å².